The van der Waals surface area contributed by atoms with E-state index in [1.165, 1.54) is 0 Å². The van der Waals surface area contributed by atoms with Gasteiger partial charge in [-0.05, 0) is 32.9 Å². The molecule has 116 valence electrons. The Hall–Kier alpha value is -2.24. The minimum atomic E-state index is -0.628. The number of rotatable bonds is 6. The lowest BCUT2D eigenvalue weighted by Gasteiger charge is -2.21. The van der Waals surface area contributed by atoms with Gasteiger partial charge in [-0.15, -0.1) is 0 Å². The third-order valence-electron chi connectivity index (χ3n) is 3.15. The van der Waals surface area contributed by atoms with Crippen LogP contribution >= 0.6 is 0 Å². The minimum absolute atomic E-state index is 0.154. The van der Waals surface area contributed by atoms with Gasteiger partial charge < -0.3 is 20.7 Å². The first-order valence-corrected chi connectivity index (χ1v) is 6.99. The Morgan fingerprint density at radius 3 is 2.62 bits per heavy atom. The molecule has 0 aliphatic carbocycles. The van der Waals surface area contributed by atoms with Crippen LogP contribution in [0.25, 0.3) is 0 Å². The van der Waals surface area contributed by atoms with Gasteiger partial charge in [0.2, 0.25) is 5.91 Å². The Balaban J connectivity index is 2.92. The summed E-state index contributed by atoms with van der Waals surface area (Å²) in [6, 6.07) is 4.40. The number of hydrogen-bond acceptors (Lipinski definition) is 4. The molecule has 1 aromatic carbocycles. The number of nitrogens with zero attached hydrogens (tertiary/aromatic N) is 1. The topological polar surface area (TPSA) is 84.7 Å². The summed E-state index contributed by atoms with van der Waals surface area (Å²) in [5.74, 6) is -0.154. The van der Waals surface area contributed by atoms with Crippen molar-refractivity contribution in [3.8, 4) is 5.75 Å². The van der Waals surface area contributed by atoms with Crippen LogP contribution < -0.4 is 15.8 Å². The summed E-state index contributed by atoms with van der Waals surface area (Å²) in [4.78, 5) is 25.9. The molecule has 1 atom stereocenters. The van der Waals surface area contributed by atoms with E-state index in [0.29, 0.717) is 24.6 Å². The lowest BCUT2D eigenvalue weighted by molar-refractivity contribution is -0.131. The van der Waals surface area contributed by atoms with Crippen LogP contribution in [-0.4, -0.2) is 43.0 Å². The van der Waals surface area contributed by atoms with Crippen molar-refractivity contribution >= 4 is 17.5 Å². The standard InChI is InChI=1S/C15H23N3O3/c1-5-18(4)15(20)10(3)17-14(19)13-11(16)8-7-9-12(13)21-6-2/h7-10H,5-6,16H2,1-4H3,(H,17,19). The second-order valence-electron chi connectivity index (χ2n) is 4.70. The number of nitrogens with one attached hydrogen (secondary N) is 1. The number of nitrogen functional groups attached to an aromatic ring is 1. The molecule has 0 bridgehead atoms. The average Bonchev–Trinajstić information content (AvgIpc) is 2.45. The summed E-state index contributed by atoms with van der Waals surface area (Å²) in [5, 5.41) is 2.66. The minimum Gasteiger partial charge on any atom is -0.493 e. The van der Waals surface area contributed by atoms with Crippen molar-refractivity contribution in [3.63, 3.8) is 0 Å². The smallest absolute Gasteiger partial charge is 0.257 e. The van der Waals surface area contributed by atoms with E-state index < -0.39 is 11.9 Å². The van der Waals surface area contributed by atoms with Crippen LogP contribution in [0.2, 0.25) is 0 Å². The van der Waals surface area contributed by atoms with Gasteiger partial charge in [0.25, 0.3) is 5.91 Å². The van der Waals surface area contributed by atoms with Crippen molar-refractivity contribution in [2.75, 3.05) is 25.9 Å². The fourth-order valence-corrected chi connectivity index (χ4v) is 1.88. The molecule has 0 spiro atoms. The zero-order chi connectivity index (χ0) is 16.0. The highest BCUT2D eigenvalue weighted by atomic mass is 16.5. The summed E-state index contributed by atoms with van der Waals surface area (Å²) in [5.41, 5.74) is 6.44. The maximum Gasteiger partial charge on any atom is 0.257 e. The van der Waals surface area contributed by atoms with Gasteiger partial charge in [-0.25, -0.2) is 0 Å². The molecular weight excluding hydrogens is 270 g/mol. The number of ether oxygens (including phenoxy) is 1. The number of carbonyl (C=O) groups excluding carboxylic acids is 2. The molecule has 21 heavy (non-hydrogen) atoms. The molecule has 0 aliphatic rings. The van der Waals surface area contributed by atoms with E-state index in [2.05, 4.69) is 5.32 Å². The number of likely N-dealkylation sites (N-methyl/N-ethyl adjacent to an activating group) is 1. The first kappa shape index (κ1) is 16.8. The fraction of sp³-hybridized carbons (Fsp3) is 0.467. The molecule has 0 fully saturated rings. The normalized spacial score (nSPS) is 11.6. The van der Waals surface area contributed by atoms with Crippen LogP contribution in [-0.2, 0) is 4.79 Å². The van der Waals surface area contributed by atoms with Gasteiger partial charge in [-0.3, -0.25) is 9.59 Å². The number of amides is 2. The fourth-order valence-electron chi connectivity index (χ4n) is 1.88. The number of anilines is 1. The molecule has 3 N–H and O–H groups in total. The molecule has 6 nitrogen and oxygen atoms in total. The zero-order valence-corrected chi connectivity index (χ0v) is 13.0. The van der Waals surface area contributed by atoms with E-state index in [4.69, 9.17) is 10.5 Å². The molecule has 1 aromatic rings. The van der Waals surface area contributed by atoms with Gasteiger partial charge in [0.1, 0.15) is 17.4 Å². The highest BCUT2D eigenvalue weighted by Gasteiger charge is 2.22. The maximum atomic E-state index is 12.3. The molecule has 0 aliphatic heterocycles. The van der Waals surface area contributed by atoms with Gasteiger partial charge in [0, 0.05) is 19.3 Å². The number of benzene rings is 1. The summed E-state index contributed by atoms with van der Waals surface area (Å²) in [7, 11) is 1.69. The van der Waals surface area contributed by atoms with E-state index in [0.717, 1.165) is 0 Å². The van der Waals surface area contributed by atoms with Crippen molar-refractivity contribution in [1.82, 2.24) is 10.2 Å². The zero-order valence-electron chi connectivity index (χ0n) is 13.0. The van der Waals surface area contributed by atoms with Crippen LogP contribution in [0.4, 0.5) is 5.69 Å². The van der Waals surface area contributed by atoms with Crippen LogP contribution in [0, 0.1) is 0 Å². The van der Waals surface area contributed by atoms with Gasteiger partial charge in [0.05, 0.1) is 6.61 Å². The molecule has 6 heteroatoms. The highest BCUT2D eigenvalue weighted by molar-refractivity contribution is 6.03. The van der Waals surface area contributed by atoms with Gasteiger partial charge >= 0.3 is 0 Å². The van der Waals surface area contributed by atoms with Crippen LogP contribution in [0.1, 0.15) is 31.1 Å². The van der Waals surface area contributed by atoms with Crippen molar-refractivity contribution in [2.45, 2.75) is 26.8 Å². The SMILES string of the molecule is CCOc1cccc(N)c1C(=O)NC(C)C(=O)N(C)CC. The largest absolute Gasteiger partial charge is 0.493 e. The van der Waals surface area contributed by atoms with Gasteiger partial charge in [-0.2, -0.15) is 0 Å². The molecule has 0 saturated heterocycles. The van der Waals surface area contributed by atoms with Crippen molar-refractivity contribution in [1.29, 1.82) is 0 Å². The van der Waals surface area contributed by atoms with E-state index in [1.807, 2.05) is 13.8 Å². The van der Waals surface area contributed by atoms with Gasteiger partial charge in [0.15, 0.2) is 0 Å². The van der Waals surface area contributed by atoms with E-state index in [9.17, 15) is 9.59 Å². The summed E-state index contributed by atoms with van der Waals surface area (Å²) in [6.45, 7) is 6.35. The molecular formula is C15H23N3O3. The van der Waals surface area contributed by atoms with Crippen molar-refractivity contribution in [2.24, 2.45) is 0 Å². The maximum absolute atomic E-state index is 12.3. The Kier molecular flexibility index (Phi) is 6.02. The van der Waals surface area contributed by atoms with E-state index in [1.54, 1.807) is 37.1 Å². The van der Waals surface area contributed by atoms with E-state index in [-0.39, 0.29) is 11.5 Å². The van der Waals surface area contributed by atoms with E-state index >= 15 is 0 Å². The first-order chi connectivity index (χ1) is 9.92. The Morgan fingerprint density at radius 2 is 2.05 bits per heavy atom. The predicted molar refractivity (Wildman–Crippen MR) is 82.3 cm³/mol. The monoisotopic (exact) mass is 293 g/mol. The molecule has 0 saturated carbocycles. The lowest BCUT2D eigenvalue weighted by Crippen LogP contribution is -2.45. The Labute approximate surface area is 125 Å². The Bertz CT molecular complexity index is 517. The number of nitrogens with two attached hydrogens (primary N) is 1. The lowest BCUT2D eigenvalue weighted by atomic mass is 10.1. The summed E-state index contributed by atoms with van der Waals surface area (Å²) < 4.78 is 5.41. The average molecular weight is 293 g/mol. The highest BCUT2D eigenvalue weighted by Crippen LogP contribution is 2.24. The third kappa shape index (κ3) is 4.11. The summed E-state index contributed by atoms with van der Waals surface area (Å²) >= 11 is 0. The second-order valence-corrected chi connectivity index (χ2v) is 4.70. The Morgan fingerprint density at radius 1 is 1.38 bits per heavy atom. The van der Waals surface area contributed by atoms with Crippen LogP contribution in [0.5, 0.6) is 5.75 Å². The molecule has 0 radical (unpaired) electrons. The quantitative estimate of drug-likeness (QED) is 0.773. The number of hydrogen-bond donors (Lipinski definition) is 2. The molecule has 1 unspecified atom stereocenters. The molecule has 1 rings (SSSR count). The predicted octanol–water partition coefficient (Wildman–Crippen LogP) is 1.26. The van der Waals surface area contributed by atoms with Gasteiger partial charge in [-0.1, -0.05) is 6.07 Å². The molecule has 0 aromatic heterocycles. The molecule has 2 amide bonds. The first-order valence-electron chi connectivity index (χ1n) is 6.99. The van der Waals surface area contributed by atoms with Crippen LogP contribution in [0.3, 0.4) is 0 Å². The third-order valence-corrected chi connectivity index (χ3v) is 3.15. The van der Waals surface area contributed by atoms with Crippen molar-refractivity contribution < 1.29 is 14.3 Å². The molecule has 0 heterocycles. The second kappa shape index (κ2) is 7.52. The summed E-state index contributed by atoms with van der Waals surface area (Å²) in [6.07, 6.45) is 0. The van der Waals surface area contributed by atoms with Crippen LogP contribution in [0.15, 0.2) is 18.2 Å². The number of carbonyl (C=O) groups is 2. The van der Waals surface area contributed by atoms with Crippen molar-refractivity contribution in [3.05, 3.63) is 23.8 Å².